The number of nitrogens with one attached hydrogen (secondary N) is 1. The highest BCUT2D eigenvalue weighted by molar-refractivity contribution is 7.11. The summed E-state index contributed by atoms with van der Waals surface area (Å²) >= 11 is 1.70. The Morgan fingerprint density at radius 1 is 1.39 bits per heavy atom. The largest absolute Gasteiger partial charge is 0.311 e. The van der Waals surface area contributed by atoms with Crippen LogP contribution < -0.4 is 5.32 Å². The van der Waals surface area contributed by atoms with Crippen molar-refractivity contribution in [3.8, 4) is 0 Å². The van der Waals surface area contributed by atoms with E-state index in [1.165, 1.54) is 17.1 Å². The minimum atomic E-state index is -0.311. The summed E-state index contributed by atoms with van der Waals surface area (Å²) in [6, 6.07) is 3.21. The Kier molecular flexibility index (Phi) is 4.04. The van der Waals surface area contributed by atoms with Crippen molar-refractivity contribution in [2.45, 2.75) is 26.3 Å². The van der Waals surface area contributed by atoms with Gasteiger partial charge in [0.2, 0.25) is 0 Å². The van der Waals surface area contributed by atoms with Gasteiger partial charge >= 0.3 is 0 Å². The number of rotatable bonds is 4. The van der Waals surface area contributed by atoms with Crippen LogP contribution in [-0.4, -0.2) is 17.0 Å². The lowest BCUT2D eigenvalue weighted by Gasteiger charge is -2.13. The third-order valence-electron chi connectivity index (χ3n) is 2.91. The van der Waals surface area contributed by atoms with Crippen LogP contribution in [0.2, 0.25) is 0 Å². The van der Waals surface area contributed by atoms with Gasteiger partial charge < -0.3 is 5.32 Å². The molecule has 2 aromatic heterocycles. The fraction of sp³-hybridized carbons (Fsp3) is 0.385. The second kappa shape index (κ2) is 5.54. The van der Waals surface area contributed by atoms with Gasteiger partial charge in [-0.15, -0.1) is 11.3 Å². The number of likely N-dealkylation sites (N-methyl/N-ethyl adjacent to an activating group) is 1. The molecule has 5 heteroatoms. The van der Waals surface area contributed by atoms with Crippen LogP contribution >= 0.6 is 11.3 Å². The zero-order valence-corrected chi connectivity index (χ0v) is 11.5. The monoisotopic (exact) mass is 265 g/mol. The SMILES string of the molecule is CNC(Cc1nc(C)c(C)s1)c1ccc(F)cn1. The molecule has 0 fully saturated rings. The van der Waals surface area contributed by atoms with Crippen LogP contribution in [-0.2, 0) is 6.42 Å². The Morgan fingerprint density at radius 2 is 2.17 bits per heavy atom. The van der Waals surface area contributed by atoms with Crippen LogP contribution in [0.1, 0.15) is 27.3 Å². The highest BCUT2D eigenvalue weighted by Gasteiger charge is 2.14. The summed E-state index contributed by atoms with van der Waals surface area (Å²) in [5, 5.41) is 4.28. The van der Waals surface area contributed by atoms with Gasteiger partial charge in [0.1, 0.15) is 5.82 Å². The number of pyridine rings is 1. The molecule has 1 N–H and O–H groups in total. The molecule has 2 rings (SSSR count). The topological polar surface area (TPSA) is 37.8 Å². The maximum atomic E-state index is 12.8. The summed E-state index contributed by atoms with van der Waals surface area (Å²) in [5.41, 5.74) is 1.92. The fourth-order valence-corrected chi connectivity index (χ4v) is 2.73. The maximum Gasteiger partial charge on any atom is 0.141 e. The van der Waals surface area contributed by atoms with E-state index in [1.54, 1.807) is 17.4 Å². The molecule has 0 saturated carbocycles. The molecule has 0 aromatic carbocycles. The van der Waals surface area contributed by atoms with Gasteiger partial charge in [0.05, 0.1) is 28.6 Å². The van der Waals surface area contributed by atoms with E-state index < -0.39 is 0 Å². The third-order valence-corrected chi connectivity index (χ3v) is 4.00. The van der Waals surface area contributed by atoms with E-state index in [0.717, 1.165) is 22.8 Å². The summed E-state index contributed by atoms with van der Waals surface area (Å²) in [6.45, 7) is 4.08. The fourth-order valence-electron chi connectivity index (χ4n) is 1.75. The molecule has 0 bridgehead atoms. The number of aryl methyl sites for hydroxylation is 2. The Bertz CT molecular complexity index is 502. The highest BCUT2D eigenvalue weighted by atomic mass is 32.1. The second-order valence-corrected chi connectivity index (χ2v) is 5.48. The summed E-state index contributed by atoms with van der Waals surface area (Å²) in [5.74, 6) is -0.311. The second-order valence-electron chi connectivity index (χ2n) is 4.20. The molecule has 0 amide bonds. The summed E-state index contributed by atoms with van der Waals surface area (Å²) in [7, 11) is 1.88. The van der Waals surface area contributed by atoms with Crippen LogP contribution in [0.3, 0.4) is 0 Å². The van der Waals surface area contributed by atoms with E-state index in [-0.39, 0.29) is 11.9 Å². The molecular formula is C13H16FN3S. The minimum Gasteiger partial charge on any atom is -0.311 e. The molecule has 3 nitrogen and oxygen atoms in total. The quantitative estimate of drug-likeness (QED) is 0.923. The minimum absolute atomic E-state index is 0.0653. The molecule has 0 radical (unpaired) electrons. The average Bonchev–Trinajstić information content (AvgIpc) is 2.67. The van der Waals surface area contributed by atoms with Gasteiger partial charge in [-0.05, 0) is 33.0 Å². The van der Waals surface area contributed by atoms with E-state index in [2.05, 4.69) is 22.2 Å². The van der Waals surface area contributed by atoms with Crippen molar-refractivity contribution >= 4 is 11.3 Å². The van der Waals surface area contributed by atoms with Gasteiger partial charge in [-0.1, -0.05) is 0 Å². The van der Waals surface area contributed by atoms with Gasteiger partial charge in [-0.3, -0.25) is 4.98 Å². The molecule has 18 heavy (non-hydrogen) atoms. The lowest BCUT2D eigenvalue weighted by Crippen LogP contribution is -2.20. The van der Waals surface area contributed by atoms with E-state index in [1.807, 2.05) is 14.0 Å². The predicted molar refractivity (Wildman–Crippen MR) is 71.3 cm³/mol. The van der Waals surface area contributed by atoms with E-state index in [4.69, 9.17) is 0 Å². The number of aromatic nitrogens is 2. The van der Waals surface area contributed by atoms with Gasteiger partial charge in [-0.25, -0.2) is 9.37 Å². The van der Waals surface area contributed by atoms with Gasteiger partial charge in [-0.2, -0.15) is 0 Å². The Balaban J connectivity index is 2.16. The van der Waals surface area contributed by atoms with Gasteiger partial charge in [0.15, 0.2) is 0 Å². The van der Waals surface area contributed by atoms with Gasteiger partial charge in [0, 0.05) is 11.3 Å². The molecule has 1 atom stereocenters. The van der Waals surface area contributed by atoms with Gasteiger partial charge in [0.25, 0.3) is 0 Å². The zero-order chi connectivity index (χ0) is 13.1. The normalized spacial score (nSPS) is 12.7. The Morgan fingerprint density at radius 3 is 2.67 bits per heavy atom. The van der Waals surface area contributed by atoms with E-state index >= 15 is 0 Å². The molecule has 0 aliphatic heterocycles. The Hall–Kier alpha value is -1.33. The number of halogens is 1. The number of hydrogen-bond acceptors (Lipinski definition) is 4. The lowest BCUT2D eigenvalue weighted by molar-refractivity contribution is 0.564. The first-order chi connectivity index (χ1) is 8.60. The maximum absolute atomic E-state index is 12.8. The van der Waals surface area contributed by atoms with E-state index in [9.17, 15) is 4.39 Å². The molecule has 96 valence electrons. The smallest absolute Gasteiger partial charge is 0.141 e. The van der Waals surface area contributed by atoms with Crippen LogP contribution in [0.5, 0.6) is 0 Å². The number of nitrogens with zero attached hydrogens (tertiary/aromatic N) is 2. The molecule has 2 heterocycles. The molecule has 0 saturated heterocycles. The van der Waals surface area contributed by atoms with Crippen molar-refractivity contribution in [3.63, 3.8) is 0 Å². The van der Waals surface area contributed by atoms with Crippen LogP contribution in [0.15, 0.2) is 18.3 Å². The molecule has 0 spiro atoms. The lowest BCUT2D eigenvalue weighted by atomic mass is 10.1. The van der Waals surface area contributed by atoms with Crippen LogP contribution in [0.4, 0.5) is 4.39 Å². The molecule has 0 aliphatic rings. The third kappa shape index (κ3) is 2.91. The van der Waals surface area contributed by atoms with Crippen molar-refractivity contribution in [1.29, 1.82) is 0 Å². The molecule has 1 unspecified atom stereocenters. The van der Waals surface area contributed by atoms with Crippen molar-refractivity contribution < 1.29 is 4.39 Å². The summed E-state index contributed by atoms with van der Waals surface area (Å²) in [6.07, 6.45) is 2.02. The summed E-state index contributed by atoms with van der Waals surface area (Å²) in [4.78, 5) is 9.87. The number of hydrogen-bond donors (Lipinski definition) is 1. The standard InChI is InChI=1S/C13H16FN3S/c1-8-9(2)18-13(17-8)6-12(15-3)11-5-4-10(14)7-16-11/h4-5,7,12,15H,6H2,1-3H3. The van der Waals surface area contributed by atoms with Crippen molar-refractivity contribution in [2.24, 2.45) is 0 Å². The van der Waals surface area contributed by atoms with E-state index in [0.29, 0.717) is 0 Å². The van der Waals surface area contributed by atoms with Crippen molar-refractivity contribution in [2.75, 3.05) is 7.05 Å². The van der Waals surface area contributed by atoms with Crippen LogP contribution in [0.25, 0.3) is 0 Å². The first-order valence-corrected chi connectivity index (χ1v) is 6.63. The Labute approximate surface area is 110 Å². The van der Waals surface area contributed by atoms with Crippen molar-refractivity contribution in [3.05, 3.63) is 45.4 Å². The molecule has 2 aromatic rings. The first kappa shape index (κ1) is 13.1. The summed E-state index contributed by atoms with van der Waals surface area (Å²) < 4.78 is 12.8. The van der Waals surface area contributed by atoms with Crippen LogP contribution in [0, 0.1) is 19.7 Å². The predicted octanol–water partition coefficient (Wildman–Crippen LogP) is 2.80. The van der Waals surface area contributed by atoms with Crippen molar-refractivity contribution in [1.82, 2.24) is 15.3 Å². The number of thiazole rings is 1. The first-order valence-electron chi connectivity index (χ1n) is 5.81. The molecule has 0 aliphatic carbocycles. The zero-order valence-electron chi connectivity index (χ0n) is 10.7. The highest BCUT2D eigenvalue weighted by Crippen LogP contribution is 2.22. The molecular weight excluding hydrogens is 249 g/mol. The average molecular weight is 265 g/mol.